The van der Waals surface area contributed by atoms with Crippen LogP contribution in [-0.4, -0.2) is 30.3 Å². The average molecular weight is 269 g/mol. The summed E-state index contributed by atoms with van der Waals surface area (Å²) in [7, 11) is 0. The normalized spacial score (nSPS) is 19.4. The monoisotopic (exact) mass is 269 g/mol. The smallest absolute Gasteiger partial charge is 0.317 e. The molecule has 0 aliphatic carbocycles. The first kappa shape index (κ1) is 16.5. The van der Waals surface area contributed by atoms with Gasteiger partial charge in [0, 0.05) is 5.75 Å². The minimum absolute atomic E-state index is 0.296. The van der Waals surface area contributed by atoms with Gasteiger partial charge in [0.25, 0.3) is 0 Å². The first-order valence-electron chi connectivity index (χ1n) is 5.95. The number of piperidine rings is 1. The van der Waals surface area contributed by atoms with E-state index in [0.29, 0.717) is 12.4 Å². The summed E-state index contributed by atoms with van der Waals surface area (Å²) in [5.41, 5.74) is 0. The first-order chi connectivity index (χ1) is 7.62. The molecule has 2 N–H and O–H groups in total. The van der Waals surface area contributed by atoms with Crippen LogP contribution in [0.2, 0.25) is 0 Å². The van der Waals surface area contributed by atoms with E-state index in [0.717, 1.165) is 17.8 Å². The van der Waals surface area contributed by atoms with Gasteiger partial charge in [0.2, 0.25) is 0 Å². The summed E-state index contributed by atoms with van der Waals surface area (Å²) in [4.78, 5) is 8.94. The van der Waals surface area contributed by atoms with E-state index in [-0.39, 0.29) is 0 Å². The second-order valence-corrected chi connectivity index (χ2v) is 7.55. The van der Waals surface area contributed by atoms with Gasteiger partial charge in [-0.1, -0.05) is 13.3 Å². The van der Waals surface area contributed by atoms with Crippen molar-refractivity contribution >= 4 is 18.2 Å². The van der Waals surface area contributed by atoms with Crippen molar-refractivity contribution in [1.29, 1.82) is 0 Å². The Labute approximate surface area is 103 Å². The number of rotatable bonds is 5. The molecule has 0 aromatic heterocycles. The molecule has 0 bridgehead atoms. The molecule has 1 fully saturated rings. The van der Waals surface area contributed by atoms with Crippen LogP contribution in [0.4, 0.5) is 0 Å². The van der Waals surface area contributed by atoms with Gasteiger partial charge in [-0.05, 0) is 50.7 Å². The van der Waals surface area contributed by atoms with Crippen LogP contribution in [0.25, 0.3) is 0 Å². The lowest BCUT2D eigenvalue weighted by Crippen LogP contribution is -2.21. The van der Waals surface area contributed by atoms with E-state index < -0.39 is 6.80 Å². The molecule has 1 saturated heterocycles. The zero-order valence-corrected chi connectivity index (χ0v) is 12.0. The van der Waals surface area contributed by atoms with Gasteiger partial charge in [-0.2, -0.15) is 0 Å². The average Bonchev–Trinajstić information content (AvgIpc) is 2.30. The third-order valence-corrected chi connectivity index (χ3v) is 5.30. The molecule has 0 aromatic carbocycles. The molecule has 0 spiro atoms. The van der Waals surface area contributed by atoms with Crippen LogP contribution in [-0.2, 0) is 9.09 Å². The largest absolute Gasteiger partial charge is 0.386 e. The van der Waals surface area contributed by atoms with E-state index in [4.69, 9.17) is 4.89 Å². The van der Waals surface area contributed by atoms with E-state index in [1.807, 2.05) is 6.92 Å². The highest BCUT2D eigenvalue weighted by atomic mass is 32.7. The van der Waals surface area contributed by atoms with Gasteiger partial charge in [0.1, 0.15) is 0 Å². The Bertz CT molecular complexity index is 189. The summed E-state index contributed by atoms with van der Waals surface area (Å²) in [5, 5.41) is 3.28. The van der Waals surface area contributed by atoms with Gasteiger partial charge in [-0.3, -0.25) is 0 Å². The van der Waals surface area contributed by atoms with Gasteiger partial charge in [0.05, 0.1) is 6.61 Å². The maximum atomic E-state index is 10.9. The predicted molar refractivity (Wildman–Crippen MR) is 70.9 cm³/mol. The molecule has 98 valence electrons. The van der Waals surface area contributed by atoms with Gasteiger partial charge in [-0.15, -0.1) is 0 Å². The maximum absolute atomic E-state index is 10.9. The molecule has 1 atom stereocenters. The summed E-state index contributed by atoms with van der Waals surface area (Å²) in [6.07, 6.45) is 5.11. The van der Waals surface area contributed by atoms with Gasteiger partial charge >= 0.3 is 6.80 Å². The fourth-order valence-corrected chi connectivity index (χ4v) is 3.80. The maximum Gasteiger partial charge on any atom is 0.386 e. The highest BCUT2D eigenvalue weighted by Gasteiger charge is 2.17. The highest BCUT2D eigenvalue weighted by Crippen LogP contribution is 2.55. The van der Waals surface area contributed by atoms with Crippen molar-refractivity contribution in [3.8, 4) is 0 Å². The van der Waals surface area contributed by atoms with Crippen molar-refractivity contribution in [2.45, 2.75) is 39.5 Å². The Balaban J connectivity index is 0.000000315. The van der Waals surface area contributed by atoms with Crippen LogP contribution in [0.15, 0.2) is 0 Å². The predicted octanol–water partition coefficient (Wildman–Crippen LogP) is 3.03. The Morgan fingerprint density at radius 2 is 1.94 bits per heavy atom. The summed E-state index contributed by atoms with van der Waals surface area (Å²) in [6, 6.07) is 0. The molecular weight excluding hydrogens is 245 g/mol. The van der Waals surface area contributed by atoms with Crippen molar-refractivity contribution < 1.29 is 14.0 Å². The number of nitrogens with one attached hydrogen (secondary N) is 1. The highest BCUT2D eigenvalue weighted by molar-refractivity contribution is 8.54. The van der Waals surface area contributed by atoms with Crippen LogP contribution in [0, 0.1) is 0 Å². The van der Waals surface area contributed by atoms with E-state index >= 15 is 0 Å². The lowest BCUT2D eigenvalue weighted by molar-refractivity contribution is 0.291. The first-order valence-corrected chi connectivity index (χ1v) is 9.11. The zero-order valence-electron chi connectivity index (χ0n) is 10.3. The lowest BCUT2D eigenvalue weighted by Gasteiger charge is -2.08. The number of hydrogen-bond acceptors (Lipinski definition) is 4. The van der Waals surface area contributed by atoms with Crippen LogP contribution in [0.1, 0.15) is 39.5 Å². The zero-order chi connectivity index (χ0) is 12.3. The van der Waals surface area contributed by atoms with Crippen LogP contribution < -0.4 is 5.32 Å². The lowest BCUT2D eigenvalue weighted by atomic mass is 10.2. The number of hydrogen-bond donors (Lipinski definition) is 2. The molecule has 0 radical (unpaired) electrons. The summed E-state index contributed by atoms with van der Waals surface area (Å²) in [6.45, 7) is 3.16. The summed E-state index contributed by atoms with van der Waals surface area (Å²) >= 11 is 0.992. The quantitative estimate of drug-likeness (QED) is 0.751. The third kappa shape index (κ3) is 11.0. The van der Waals surface area contributed by atoms with Crippen molar-refractivity contribution in [1.82, 2.24) is 5.32 Å². The van der Waals surface area contributed by atoms with Crippen LogP contribution >= 0.6 is 18.2 Å². The molecule has 1 heterocycles. The second kappa shape index (κ2) is 10.6. The van der Waals surface area contributed by atoms with E-state index in [9.17, 15) is 4.57 Å². The van der Waals surface area contributed by atoms with Crippen molar-refractivity contribution in [2.24, 2.45) is 0 Å². The third-order valence-electron chi connectivity index (χ3n) is 1.96. The van der Waals surface area contributed by atoms with Gasteiger partial charge < -0.3 is 14.7 Å². The summed E-state index contributed by atoms with van der Waals surface area (Å²) < 4.78 is 15.5. The molecule has 0 amide bonds. The molecule has 1 unspecified atom stereocenters. The molecule has 0 aromatic rings. The SMILES string of the molecule is C1CCNCC1.CCCSP(=O)(O)OCC. The molecule has 16 heavy (non-hydrogen) atoms. The Morgan fingerprint density at radius 3 is 2.25 bits per heavy atom. The molecular formula is C10H24NO3PS. The topological polar surface area (TPSA) is 58.6 Å². The molecule has 1 aliphatic heterocycles. The van der Waals surface area contributed by atoms with E-state index in [1.165, 1.54) is 32.4 Å². The second-order valence-electron chi connectivity index (χ2n) is 3.53. The van der Waals surface area contributed by atoms with Crippen molar-refractivity contribution in [3.63, 3.8) is 0 Å². The van der Waals surface area contributed by atoms with Gasteiger partial charge in [0.15, 0.2) is 0 Å². The van der Waals surface area contributed by atoms with E-state index in [1.54, 1.807) is 6.92 Å². The van der Waals surface area contributed by atoms with E-state index in [2.05, 4.69) is 9.84 Å². The molecule has 4 nitrogen and oxygen atoms in total. The molecule has 0 saturated carbocycles. The van der Waals surface area contributed by atoms with Crippen molar-refractivity contribution in [2.75, 3.05) is 25.4 Å². The Morgan fingerprint density at radius 1 is 1.31 bits per heavy atom. The molecule has 6 heteroatoms. The van der Waals surface area contributed by atoms with Crippen molar-refractivity contribution in [3.05, 3.63) is 0 Å². The molecule has 1 aliphatic rings. The fraction of sp³-hybridized carbons (Fsp3) is 1.00. The minimum Gasteiger partial charge on any atom is -0.317 e. The fourth-order valence-electron chi connectivity index (χ4n) is 1.21. The Hall–Kier alpha value is 0.460. The van der Waals surface area contributed by atoms with Crippen LogP contribution in [0.3, 0.4) is 0 Å². The minimum atomic E-state index is -3.29. The van der Waals surface area contributed by atoms with Crippen LogP contribution in [0.5, 0.6) is 0 Å². The Kier molecular flexibility index (Phi) is 10.9. The summed E-state index contributed by atoms with van der Waals surface area (Å²) in [5.74, 6) is 0.674. The standard InChI is InChI=1S/C5H11N.C5H13O3PS/c1-2-4-6-5-3-1;1-3-5-10-9(6,7)8-4-2/h6H,1-5H2;3-5H2,1-2H3,(H,6,7). The molecule has 1 rings (SSSR count). The van der Waals surface area contributed by atoms with Gasteiger partial charge in [-0.25, -0.2) is 4.57 Å².